The van der Waals surface area contributed by atoms with E-state index in [2.05, 4.69) is 5.32 Å². The summed E-state index contributed by atoms with van der Waals surface area (Å²) in [6.45, 7) is 4.23. The van der Waals surface area contributed by atoms with E-state index in [9.17, 15) is 9.90 Å². The van der Waals surface area contributed by atoms with Gasteiger partial charge in [0, 0.05) is 34.6 Å². The van der Waals surface area contributed by atoms with E-state index in [1.54, 1.807) is 19.1 Å². The van der Waals surface area contributed by atoms with Gasteiger partial charge in [-0.15, -0.1) is 0 Å². The van der Waals surface area contributed by atoms with Crippen LogP contribution in [0.3, 0.4) is 0 Å². The fourth-order valence-corrected chi connectivity index (χ4v) is 3.06. The fraction of sp³-hybridized carbons (Fsp3) is 0.211. The van der Waals surface area contributed by atoms with Crippen LogP contribution in [0, 0.1) is 6.92 Å². The van der Waals surface area contributed by atoms with Crippen LogP contribution in [0.5, 0.6) is 5.75 Å². The Balaban J connectivity index is 1.92. The summed E-state index contributed by atoms with van der Waals surface area (Å²) in [5.41, 5.74) is 2.37. The SMILES string of the molecule is Cc1c(O)ccc2c(CN[C@@H](C)c3ccccc3Cl)cc(=O)oc12. The molecule has 4 nitrogen and oxygen atoms in total. The highest BCUT2D eigenvalue weighted by molar-refractivity contribution is 6.31. The van der Waals surface area contributed by atoms with Crippen molar-refractivity contribution in [3.8, 4) is 5.75 Å². The van der Waals surface area contributed by atoms with E-state index in [0.717, 1.165) is 16.5 Å². The van der Waals surface area contributed by atoms with Gasteiger partial charge in [-0.1, -0.05) is 29.8 Å². The number of nitrogens with one attached hydrogen (secondary N) is 1. The van der Waals surface area contributed by atoms with Crippen molar-refractivity contribution < 1.29 is 9.52 Å². The first kappa shape index (κ1) is 16.6. The average molecular weight is 344 g/mol. The van der Waals surface area contributed by atoms with Crippen LogP contribution in [0.25, 0.3) is 11.0 Å². The van der Waals surface area contributed by atoms with Crippen molar-refractivity contribution in [3.63, 3.8) is 0 Å². The molecule has 0 aliphatic carbocycles. The molecule has 5 heteroatoms. The Morgan fingerprint density at radius 2 is 2.00 bits per heavy atom. The summed E-state index contributed by atoms with van der Waals surface area (Å²) in [4.78, 5) is 11.8. The third kappa shape index (κ3) is 3.16. The first-order valence-corrected chi connectivity index (χ1v) is 8.08. The molecule has 124 valence electrons. The summed E-state index contributed by atoms with van der Waals surface area (Å²) in [6, 6.07) is 12.5. The Hall–Kier alpha value is -2.30. The third-order valence-electron chi connectivity index (χ3n) is 4.19. The summed E-state index contributed by atoms with van der Waals surface area (Å²) >= 11 is 6.23. The van der Waals surface area contributed by atoms with Crippen molar-refractivity contribution in [3.05, 3.63) is 74.6 Å². The number of aromatic hydroxyl groups is 1. The summed E-state index contributed by atoms with van der Waals surface area (Å²) in [7, 11) is 0. The lowest BCUT2D eigenvalue weighted by Crippen LogP contribution is -2.19. The normalized spacial score (nSPS) is 12.5. The smallest absolute Gasteiger partial charge is 0.336 e. The number of hydrogen-bond donors (Lipinski definition) is 2. The number of phenols is 1. The van der Waals surface area contributed by atoms with Crippen LogP contribution >= 0.6 is 11.6 Å². The van der Waals surface area contributed by atoms with Gasteiger partial charge in [0.2, 0.25) is 0 Å². The van der Waals surface area contributed by atoms with Crippen LogP contribution in [-0.4, -0.2) is 5.11 Å². The largest absolute Gasteiger partial charge is 0.508 e. The monoisotopic (exact) mass is 343 g/mol. The Labute approximate surface area is 144 Å². The molecule has 1 atom stereocenters. The minimum atomic E-state index is -0.432. The number of rotatable bonds is 4. The fourth-order valence-electron chi connectivity index (χ4n) is 2.76. The minimum absolute atomic E-state index is 0.0270. The molecule has 1 heterocycles. The standard InChI is InChI=1S/C19H18ClNO3/c1-11-17(22)8-7-15-13(9-18(23)24-19(11)15)10-21-12(2)14-5-3-4-6-16(14)20/h3-9,12,21-22H,10H2,1-2H3/t12-/m0/s1. The molecule has 0 radical (unpaired) electrons. The second kappa shape index (κ2) is 6.67. The molecule has 1 aromatic heterocycles. The van der Waals surface area contributed by atoms with Crippen molar-refractivity contribution in [2.45, 2.75) is 26.4 Å². The molecule has 0 aliphatic rings. The summed E-state index contributed by atoms with van der Waals surface area (Å²) < 4.78 is 5.26. The van der Waals surface area contributed by atoms with E-state index >= 15 is 0 Å². The molecule has 0 unspecified atom stereocenters. The predicted molar refractivity (Wildman–Crippen MR) is 95.6 cm³/mol. The number of benzene rings is 2. The van der Waals surface area contributed by atoms with E-state index in [1.165, 1.54) is 6.07 Å². The Morgan fingerprint density at radius 1 is 1.25 bits per heavy atom. The van der Waals surface area contributed by atoms with Gasteiger partial charge in [-0.2, -0.15) is 0 Å². The molecule has 2 aromatic carbocycles. The van der Waals surface area contributed by atoms with Crippen molar-refractivity contribution in [1.29, 1.82) is 0 Å². The van der Waals surface area contributed by atoms with Crippen LogP contribution in [0.1, 0.15) is 29.7 Å². The zero-order chi connectivity index (χ0) is 17.3. The van der Waals surface area contributed by atoms with Gasteiger partial charge in [0.1, 0.15) is 11.3 Å². The molecule has 3 rings (SSSR count). The third-order valence-corrected chi connectivity index (χ3v) is 4.53. The van der Waals surface area contributed by atoms with E-state index < -0.39 is 5.63 Å². The van der Waals surface area contributed by atoms with Gasteiger partial charge < -0.3 is 14.8 Å². The Morgan fingerprint density at radius 3 is 2.75 bits per heavy atom. The Bertz CT molecular complexity index is 949. The average Bonchev–Trinajstić information content (AvgIpc) is 2.56. The van der Waals surface area contributed by atoms with E-state index in [-0.39, 0.29) is 11.8 Å². The molecule has 3 aromatic rings. The highest BCUT2D eigenvalue weighted by Gasteiger charge is 2.13. The molecule has 2 N–H and O–H groups in total. The van der Waals surface area contributed by atoms with E-state index in [0.29, 0.717) is 22.7 Å². The van der Waals surface area contributed by atoms with Gasteiger partial charge >= 0.3 is 5.63 Å². The summed E-state index contributed by atoms with van der Waals surface area (Å²) in [5, 5.41) is 14.7. The van der Waals surface area contributed by atoms with Gasteiger partial charge in [-0.05, 0) is 43.2 Å². The molecule has 0 amide bonds. The van der Waals surface area contributed by atoms with Crippen molar-refractivity contribution in [2.75, 3.05) is 0 Å². The van der Waals surface area contributed by atoms with Gasteiger partial charge in [0.15, 0.2) is 0 Å². The maximum Gasteiger partial charge on any atom is 0.336 e. The Kier molecular flexibility index (Phi) is 4.60. The molecule has 0 spiro atoms. The highest BCUT2D eigenvalue weighted by atomic mass is 35.5. The van der Waals surface area contributed by atoms with Crippen molar-refractivity contribution in [2.24, 2.45) is 0 Å². The lowest BCUT2D eigenvalue weighted by molar-refractivity contribution is 0.468. The lowest BCUT2D eigenvalue weighted by atomic mass is 10.0. The van der Waals surface area contributed by atoms with Crippen LogP contribution in [-0.2, 0) is 6.54 Å². The van der Waals surface area contributed by atoms with Crippen LogP contribution < -0.4 is 10.9 Å². The number of halogens is 1. The first-order chi connectivity index (χ1) is 11.5. The first-order valence-electron chi connectivity index (χ1n) is 7.70. The second-order valence-corrected chi connectivity index (χ2v) is 6.21. The van der Waals surface area contributed by atoms with E-state index in [4.69, 9.17) is 16.0 Å². The highest BCUT2D eigenvalue weighted by Crippen LogP contribution is 2.28. The molecular formula is C19H18ClNO3. The van der Waals surface area contributed by atoms with Crippen LogP contribution in [0.15, 0.2) is 51.7 Å². The number of phenolic OH excluding ortho intramolecular Hbond substituents is 1. The lowest BCUT2D eigenvalue weighted by Gasteiger charge is -2.16. The molecule has 0 bridgehead atoms. The molecular weight excluding hydrogens is 326 g/mol. The van der Waals surface area contributed by atoms with Crippen LogP contribution in [0.4, 0.5) is 0 Å². The maximum atomic E-state index is 11.8. The number of hydrogen-bond acceptors (Lipinski definition) is 4. The zero-order valence-corrected chi connectivity index (χ0v) is 14.2. The zero-order valence-electron chi connectivity index (χ0n) is 13.5. The predicted octanol–water partition coefficient (Wildman–Crippen LogP) is 4.31. The maximum absolute atomic E-state index is 11.8. The van der Waals surface area contributed by atoms with Gasteiger partial charge in [0.25, 0.3) is 0 Å². The summed E-state index contributed by atoms with van der Waals surface area (Å²) in [5.74, 6) is 0.111. The molecule has 0 aliphatic heterocycles. The molecule has 0 fully saturated rings. The van der Waals surface area contributed by atoms with Gasteiger partial charge in [-0.25, -0.2) is 4.79 Å². The number of aryl methyl sites for hydroxylation is 1. The van der Waals surface area contributed by atoms with E-state index in [1.807, 2.05) is 31.2 Å². The topological polar surface area (TPSA) is 62.5 Å². The molecule has 0 saturated heterocycles. The molecule has 24 heavy (non-hydrogen) atoms. The van der Waals surface area contributed by atoms with Crippen molar-refractivity contribution >= 4 is 22.6 Å². The molecule has 0 saturated carbocycles. The van der Waals surface area contributed by atoms with Crippen LogP contribution in [0.2, 0.25) is 5.02 Å². The van der Waals surface area contributed by atoms with Crippen molar-refractivity contribution in [1.82, 2.24) is 5.32 Å². The minimum Gasteiger partial charge on any atom is -0.508 e. The second-order valence-electron chi connectivity index (χ2n) is 5.80. The summed E-state index contributed by atoms with van der Waals surface area (Å²) in [6.07, 6.45) is 0. The van der Waals surface area contributed by atoms with Gasteiger partial charge in [-0.3, -0.25) is 0 Å². The van der Waals surface area contributed by atoms with Gasteiger partial charge in [0.05, 0.1) is 0 Å². The quantitative estimate of drug-likeness (QED) is 0.693. The number of fused-ring (bicyclic) bond motifs is 1.